The monoisotopic (exact) mass is 350 g/mol. The highest BCUT2D eigenvalue weighted by Crippen LogP contribution is 2.29. The Morgan fingerprint density at radius 3 is 1.21 bits per heavy atom. The zero-order chi connectivity index (χ0) is 16.9. The van der Waals surface area contributed by atoms with Gasteiger partial charge in [0.05, 0.1) is 0 Å². The van der Waals surface area contributed by atoms with Gasteiger partial charge >= 0.3 is 0 Å². The van der Waals surface area contributed by atoms with Crippen molar-refractivity contribution in [1.82, 2.24) is 0 Å². The van der Waals surface area contributed by atoms with Crippen LogP contribution in [-0.4, -0.2) is 11.5 Å². The average Bonchev–Trinajstić information content (AvgIpc) is 2.62. The van der Waals surface area contributed by atoms with E-state index in [1.54, 1.807) is 11.8 Å². The Bertz CT molecular complexity index is 770. The molecule has 24 heavy (non-hydrogen) atoms. The highest BCUT2D eigenvalue weighted by Gasteiger charge is 2.02. The largest absolute Gasteiger partial charge is 0.130 e. The molecule has 0 bridgehead atoms. The van der Waals surface area contributed by atoms with Crippen molar-refractivity contribution in [2.45, 2.75) is 28.9 Å². The van der Waals surface area contributed by atoms with Crippen molar-refractivity contribution in [3.63, 3.8) is 0 Å². The molecule has 0 unspecified atom stereocenters. The van der Waals surface area contributed by atoms with E-state index in [9.17, 15) is 0 Å². The van der Waals surface area contributed by atoms with E-state index in [1.807, 2.05) is 11.8 Å². The molecule has 3 rings (SSSR count). The van der Waals surface area contributed by atoms with Crippen LogP contribution in [0.5, 0.6) is 0 Å². The smallest absolute Gasteiger partial charge is 0.00749 e. The molecule has 0 amide bonds. The van der Waals surface area contributed by atoms with Crippen LogP contribution in [0.2, 0.25) is 0 Å². The molecule has 0 nitrogen and oxygen atoms in total. The third kappa shape index (κ3) is 4.25. The summed E-state index contributed by atoms with van der Waals surface area (Å²) in [7, 11) is 0. The van der Waals surface area contributed by atoms with E-state index in [0.717, 1.165) is 0 Å². The van der Waals surface area contributed by atoms with E-state index in [2.05, 4.69) is 92.9 Å². The normalized spacial score (nSPS) is 11.0. The first-order valence-corrected chi connectivity index (χ1v) is 10.3. The molecule has 0 saturated heterocycles. The van der Waals surface area contributed by atoms with Crippen molar-refractivity contribution in [1.29, 1.82) is 0 Å². The Kier molecular flexibility index (Phi) is 5.70. The summed E-state index contributed by atoms with van der Waals surface area (Å²) in [5, 5.41) is 0.618. The Morgan fingerprint density at radius 1 is 0.542 bits per heavy atom. The molecule has 3 aromatic rings. The quantitative estimate of drug-likeness (QED) is 0.445. The van der Waals surface area contributed by atoms with E-state index >= 15 is 0 Å². The van der Waals surface area contributed by atoms with Crippen LogP contribution in [0.3, 0.4) is 0 Å². The minimum Gasteiger partial charge on any atom is -0.130 e. The molecule has 0 aliphatic heterocycles. The lowest BCUT2D eigenvalue weighted by Gasteiger charge is -2.08. The number of hydrogen-bond donors (Lipinski definition) is 0. The van der Waals surface area contributed by atoms with E-state index in [4.69, 9.17) is 0 Å². The highest BCUT2D eigenvalue weighted by molar-refractivity contribution is 8.00. The van der Waals surface area contributed by atoms with Crippen molar-refractivity contribution in [3.8, 4) is 22.3 Å². The molecular formula is C22H22S2. The van der Waals surface area contributed by atoms with Gasteiger partial charge in [0.2, 0.25) is 0 Å². The zero-order valence-electron chi connectivity index (χ0n) is 14.3. The summed E-state index contributed by atoms with van der Waals surface area (Å²) in [5.74, 6) is 0. The third-order valence-electron chi connectivity index (χ3n) is 3.87. The summed E-state index contributed by atoms with van der Waals surface area (Å²) in [6, 6.07) is 26.4. The van der Waals surface area contributed by atoms with Crippen LogP contribution in [0, 0.1) is 0 Å². The van der Waals surface area contributed by atoms with Gasteiger partial charge in [0.25, 0.3) is 0 Å². The van der Waals surface area contributed by atoms with Gasteiger partial charge in [-0.1, -0.05) is 62.4 Å². The summed E-state index contributed by atoms with van der Waals surface area (Å²) in [5.41, 5.74) is 5.06. The molecule has 0 atom stereocenters. The summed E-state index contributed by atoms with van der Waals surface area (Å²) >= 11 is 3.68. The molecule has 0 saturated carbocycles. The van der Waals surface area contributed by atoms with Gasteiger partial charge < -0.3 is 0 Å². The Labute approximate surface area is 153 Å². The first kappa shape index (κ1) is 17.2. The lowest BCUT2D eigenvalue weighted by molar-refractivity contribution is 1.11. The van der Waals surface area contributed by atoms with Gasteiger partial charge in [0, 0.05) is 15.0 Å². The van der Waals surface area contributed by atoms with Crippen LogP contribution in [0.15, 0.2) is 82.6 Å². The zero-order valence-corrected chi connectivity index (χ0v) is 16.0. The number of hydrogen-bond acceptors (Lipinski definition) is 2. The second kappa shape index (κ2) is 7.96. The molecular weight excluding hydrogens is 328 g/mol. The molecule has 3 aromatic carbocycles. The van der Waals surface area contributed by atoms with Crippen molar-refractivity contribution >= 4 is 23.5 Å². The molecule has 2 heteroatoms. The minimum absolute atomic E-state index is 0.618. The van der Waals surface area contributed by atoms with E-state index < -0.39 is 0 Å². The van der Waals surface area contributed by atoms with Gasteiger partial charge in [0.15, 0.2) is 0 Å². The van der Waals surface area contributed by atoms with Crippen molar-refractivity contribution in [2.75, 3.05) is 6.26 Å². The highest BCUT2D eigenvalue weighted by atomic mass is 32.2. The fourth-order valence-electron chi connectivity index (χ4n) is 2.64. The molecule has 0 spiro atoms. The maximum atomic E-state index is 2.23. The minimum atomic E-state index is 0.618. The summed E-state index contributed by atoms with van der Waals surface area (Å²) < 4.78 is 0. The van der Waals surface area contributed by atoms with Gasteiger partial charge in [-0.2, -0.15) is 0 Å². The SMILES string of the molecule is CSc1ccc(-c2ccc(-c3ccc(SC(C)C)cc3)cc2)cc1. The lowest BCUT2D eigenvalue weighted by Crippen LogP contribution is -1.86. The Hall–Kier alpha value is -1.64. The standard InChI is InChI=1S/C22H22S2/c1-16(2)24-22-14-10-20(11-15-22)18-6-4-17(5-7-18)19-8-12-21(23-3)13-9-19/h4-16H,1-3H3. The fraction of sp³-hybridized carbons (Fsp3) is 0.182. The molecule has 122 valence electrons. The van der Waals surface area contributed by atoms with Gasteiger partial charge in [-0.15, -0.1) is 23.5 Å². The van der Waals surface area contributed by atoms with Crippen molar-refractivity contribution in [2.24, 2.45) is 0 Å². The topological polar surface area (TPSA) is 0 Å². The Balaban J connectivity index is 1.78. The molecule has 0 radical (unpaired) electrons. The molecule has 0 aromatic heterocycles. The van der Waals surface area contributed by atoms with Gasteiger partial charge in [-0.25, -0.2) is 0 Å². The Morgan fingerprint density at radius 2 is 0.875 bits per heavy atom. The maximum absolute atomic E-state index is 2.23. The molecule has 0 aliphatic rings. The summed E-state index contributed by atoms with van der Waals surface area (Å²) in [4.78, 5) is 2.63. The van der Waals surface area contributed by atoms with E-state index in [1.165, 1.54) is 32.0 Å². The molecule has 0 N–H and O–H groups in total. The number of benzene rings is 3. The van der Waals surface area contributed by atoms with E-state index in [-0.39, 0.29) is 0 Å². The van der Waals surface area contributed by atoms with Crippen LogP contribution in [0.1, 0.15) is 13.8 Å². The molecule has 0 fully saturated rings. The second-order valence-electron chi connectivity index (χ2n) is 6.00. The van der Waals surface area contributed by atoms with Crippen LogP contribution in [0.25, 0.3) is 22.3 Å². The van der Waals surface area contributed by atoms with Crippen LogP contribution >= 0.6 is 23.5 Å². The predicted octanol–water partition coefficient (Wildman–Crippen LogP) is 7.24. The van der Waals surface area contributed by atoms with E-state index in [0.29, 0.717) is 5.25 Å². The summed E-state index contributed by atoms with van der Waals surface area (Å²) in [6.07, 6.45) is 2.11. The maximum Gasteiger partial charge on any atom is 0.00749 e. The lowest BCUT2D eigenvalue weighted by atomic mass is 10.0. The average molecular weight is 351 g/mol. The third-order valence-corrected chi connectivity index (χ3v) is 5.63. The molecule has 0 aliphatic carbocycles. The van der Waals surface area contributed by atoms with Crippen LogP contribution < -0.4 is 0 Å². The summed E-state index contributed by atoms with van der Waals surface area (Å²) in [6.45, 7) is 4.45. The number of thioether (sulfide) groups is 2. The van der Waals surface area contributed by atoms with Crippen molar-refractivity contribution < 1.29 is 0 Å². The first-order chi connectivity index (χ1) is 11.7. The van der Waals surface area contributed by atoms with Crippen LogP contribution in [0.4, 0.5) is 0 Å². The van der Waals surface area contributed by atoms with Gasteiger partial charge in [0.1, 0.15) is 0 Å². The fourth-order valence-corrected chi connectivity index (χ4v) is 3.88. The number of rotatable bonds is 5. The molecule has 0 heterocycles. The van der Waals surface area contributed by atoms with Crippen molar-refractivity contribution in [3.05, 3.63) is 72.8 Å². The van der Waals surface area contributed by atoms with Gasteiger partial charge in [-0.3, -0.25) is 0 Å². The van der Waals surface area contributed by atoms with Crippen LogP contribution in [-0.2, 0) is 0 Å². The predicted molar refractivity (Wildman–Crippen MR) is 110 cm³/mol. The first-order valence-electron chi connectivity index (χ1n) is 8.17. The second-order valence-corrected chi connectivity index (χ2v) is 8.53. The van der Waals surface area contributed by atoms with Gasteiger partial charge in [-0.05, 0) is 52.8 Å².